The number of halogens is 2. The van der Waals surface area contributed by atoms with Gasteiger partial charge in [-0.3, -0.25) is 14.6 Å². The predicted molar refractivity (Wildman–Crippen MR) is 93.0 cm³/mol. The van der Waals surface area contributed by atoms with Crippen molar-refractivity contribution in [2.45, 2.75) is 13.5 Å². The Hall–Kier alpha value is -1.96. The smallest absolute Gasteiger partial charge is 0.238 e. The summed E-state index contributed by atoms with van der Waals surface area (Å²) in [4.78, 5) is 16.5. The van der Waals surface area contributed by atoms with Gasteiger partial charge in [0.05, 0.1) is 17.3 Å². The molecule has 0 unspecified atom stereocenters. The van der Waals surface area contributed by atoms with Gasteiger partial charge in [0.1, 0.15) is 11.6 Å². The van der Waals surface area contributed by atoms with Gasteiger partial charge < -0.3 is 9.84 Å². The van der Waals surface area contributed by atoms with E-state index in [1.165, 1.54) is 18.2 Å². The van der Waals surface area contributed by atoms with Gasteiger partial charge in [-0.2, -0.15) is 0 Å². The lowest BCUT2D eigenvalue weighted by atomic mass is 10.2. The molecule has 2 aromatic rings. The second-order valence-corrected chi connectivity index (χ2v) is 6.57. The van der Waals surface area contributed by atoms with Gasteiger partial charge in [0.15, 0.2) is 0 Å². The van der Waals surface area contributed by atoms with E-state index in [0.717, 1.165) is 44.2 Å². The summed E-state index contributed by atoms with van der Waals surface area (Å²) >= 11 is 5.72. The van der Waals surface area contributed by atoms with Crippen LogP contribution in [0.1, 0.15) is 11.5 Å². The van der Waals surface area contributed by atoms with Crippen molar-refractivity contribution in [3.05, 3.63) is 46.6 Å². The van der Waals surface area contributed by atoms with Crippen LogP contribution < -0.4 is 5.32 Å². The summed E-state index contributed by atoms with van der Waals surface area (Å²) in [5, 5.41) is 6.74. The average molecular weight is 367 g/mol. The van der Waals surface area contributed by atoms with Crippen molar-refractivity contribution in [1.29, 1.82) is 0 Å². The number of anilines is 1. The van der Waals surface area contributed by atoms with E-state index in [2.05, 4.69) is 20.3 Å². The Kier molecular flexibility index (Phi) is 5.67. The lowest BCUT2D eigenvalue weighted by Gasteiger charge is -2.33. The topological polar surface area (TPSA) is 61.6 Å². The van der Waals surface area contributed by atoms with Gasteiger partial charge in [-0.1, -0.05) is 16.8 Å². The van der Waals surface area contributed by atoms with Crippen LogP contribution >= 0.6 is 11.6 Å². The maximum Gasteiger partial charge on any atom is 0.238 e. The number of nitrogens with zero attached hydrogens (tertiary/aromatic N) is 3. The van der Waals surface area contributed by atoms with Crippen molar-refractivity contribution in [2.24, 2.45) is 0 Å². The summed E-state index contributed by atoms with van der Waals surface area (Å²) < 4.78 is 18.2. The van der Waals surface area contributed by atoms with Crippen LogP contribution in [-0.4, -0.2) is 53.6 Å². The van der Waals surface area contributed by atoms with E-state index in [1.54, 1.807) is 0 Å². The van der Waals surface area contributed by atoms with Gasteiger partial charge in [-0.15, -0.1) is 0 Å². The molecule has 1 aromatic heterocycles. The molecule has 0 spiro atoms. The van der Waals surface area contributed by atoms with Crippen LogP contribution in [0, 0.1) is 12.7 Å². The van der Waals surface area contributed by atoms with Gasteiger partial charge >= 0.3 is 0 Å². The third kappa shape index (κ3) is 5.01. The Labute approximate surface area is 150 Å². The summed E-state index contributed by atoms with van der Waals surface area (Å²) in [6.07, 6.45) is 0. The molecule has 25 heavy (non-hydrogen) atoms. The molecule has 0 aliphatic carbocycles. The molecule has 1 amide bonds. The largest absolute Gasteiger partial charge is 0.361 e. The number of hydrogen-bond donors (Lipinski definition) is 1. The molecule has 3 rings (SSSR count). The first-order valence-electron chi connectivity index (χ1n) is 8.11. The van der Waals surface area contributed by atoms with Crippen molar-refractivity contribution in [3.8, 4) is 0 Å². The van der Waals surface area contributed by atoms with Crippen molar-refractivity contribution in [3.63, 3.8) is 0 Å². The lowest BCUT2D eigenvalue weighted by molar-refractivity contribution is -0.117. The van der Waals surface area contributed by atoms with Crippen LogP contribution in [0.3, 0.4) is 0 Å². The van der Waals surface area contributed by atoms with Crippen LogP contribution in [0.5, 0.6) is 0 Å². The summed E-state index contributed by atoms with van der Waals surface area (Å²) in [6, 6.07) is 6.08. The van der Waals surface area contributed by atoms with Crippen LogP contribution in [-0.2, 0) is 11.3 Å². The molecule has 1 fully saturated rings. The van der Waals surface area contributed by atoms with Crippen molar-refractivity contribution in [1.82, 2.24) is 15.0 Å². The second kappa shape index (κ2) is 7.95. The van der Waals surface area contributed by atoms with E-state index in [9.17, 15) is 9.18 Å². The lowest BCUT2D eigenvalue weighted by Crippen LogP contribution is -2.48. The molecule has 2 heterocycles. The zero-order chi connectivity index (χ0) is 17.8. The average Bonchev–Trinajstić information content (AvgIpc) is 2.98. The number of aryl methyl sites for hydroxylation is 1. The fourth-order valence-electron chi connectivity index (χ4n) is 2.80. The molecule has 1 N–H and O–H groups in total. The van der Waals surface area contributed by atoms with Crippen molar-refractivity contribution in [2.75, 3.05) is 38.0 Å². The van der Waals surface area contributed by atoms with Crippen LogP contribution in [0.2, 0.25) is 5.02 Å². The number of rotatable bonds is 5. The molecule has 134 valence electrons. The fourth-order valence-corrected chi connectivity index (χ4v) is 2.99. The van der Waals surface area contributed by atoms with Crippen molar-refractivity contribution >= 4 is 23.2 Å². The Bertz CT molecular complexity index is 744. The molecule has 0 bridgehead atoms. The van der Waals surface area contributed by atoms with Gasteiger partial charge in [0, 0.05) is 44.5 Å². The Morgan fingerprint density at radius 1 is 1.28 bits per heavy atom. The Balaban J connectivity index is 1.43. The fraction of sp³-hybridized carbons (Fsp3) is 0.412. The van der Waals surface area contributed by atoms with E-state index in [-0.39, 0.29) is 10.9 Å². The molecule has 1 saturated heterocycles. The molecule has 1 aliphatic heterocycles. The second-order valence-electron chi connectivity index (χ2n) is 6.16. The molecular formula is C17H20ClFN4O2. The Morgan fingerprint density at radius 3 is 2.64 bits per heavy atom. The first-order chi connectivity index (χ1) is 12.0. The highest BCUT2D eigenvalue weighted by Gasteiger charge is 2.20. The summed E-state index contributed by atoms with van der Waals surface area (Å²) in [5.74, 6) is 0.174. The molecule has 8 heteroatoms. The SMILES string of the molecule is Cc1cc(CN2CCN(CC(=O)Nc3ccc(F)c(Cl)c3)CC2)no1. The predicted octanol–water partition coefficient (Wildman–Crippen LogP) is 2.53. The minimum Gasteiger partial charge on any atom is -0.361 e. The maximum absolute atomic E-state index is 13.1. The highest BCUT2D eigenvalue weighted by atomic mass is 35.5. The molecular weight excluding hydrogens is 347 g/mol. The van der Waals surface area contributed by atoms with Crippen LogP contribution in [0.25, 0.3) is 0 Å². The van der Waals surface area contributed by atoms with E-state index in [4.69, 9.17) is 16.1 Å². The van der Waals surface area contributed by atoms with Gasteiger partial charge in [-0.25, -0.2) is 4.39 Å². The molecule has 0 atom stereocenters. The third-order valence-corrected chi connectivity index (χ3v) is 4.39. The van der Waals surface area contributed by atoms with E-state index < -0.39 is 5.82 Å². The quantitative estimate of drug-likeness (QED) is 0.881. The van der Waals surface area contributed by atoms with Gasteiger partial charge in [0.2, 0.25) is 5.91 Å². The number of amides is 1. The first kappa shape index (κ1) is 17.8. The van der Waals surface area contributed by atoms with E-state index >= 15 is 0 Å². The third-order valence-electron chi connectivity index (χ3n) is 4.10. The summed E-state index contributed by atoms with van der Waals surface area (Å²) in [5.41, 5.74) is 1.42. The highest BCUT2D eigenvalue weighted by Crippen LogP contribution is 2.19. The van der Waals surface area contributed by atoms with E-state index in [0.29, 0.717) is 12.2 Å². The monoisotopic (exact) mass is 366 g/mol. The maximum atomic E-state index is 13.1. The number of aromatic nitrogens is 1. The summed E-state index contributed by atoms with van der Waals surface area (Å²) in [6.45, 7) is 6.25. The highest BCUT2D eigenvalue weighted by molar-refractivity contribution is 6.31. The van der Waals surface area contributed by atoms with E-state index in [1.807, 2.05) is 13.0 Å². The minimum absolute atomic E-state index is 0.00509. The first-order valence-corrected chi connectivity index (χ1v) is 8.49. The molecule has 1 aliphatic rings. The number of carbonyl (C=O) groups is 1. The number of hydrogen-bond acceptors (Lipinski definition) is 5. The van der Waals surface area contributed by atoms with Gasteiger partial charge in [-0.05, 0) is 25.1 Å². The van der Waals surface area contributed by atoms with Crippen molar-refractivity contribution < 1.29 is 13.7 Å². The Morgan fingerprint density at radius 2 is 2.00 bits per heavy atom. The normalized spacial score (nSPS) is 16.1. The number of carbonyl (C=O) groups excluding carboxylic acids is 1. The minimum atomic E-state index is -0.502. The molecule has 0 saturated carbocycles. The summed E-state index contributed by atoms with van der Waals surface area (Å²) in [7, 11) is 0. The molecule has 0 radical (unpaired) electrons. The zero-order valence-electron chi connectivity index (χ0n) is 14.0. The number of piperazine rings is 1. The molecule has 6 nitrogen and oxygen atoms in total. The standard InChI is InChI=1S/C17H20ClFN4O2/c1-12-8-14(21-25-12)10-22-4-6-23(7-5-22)11-17(24)20-13-2-3-16(19)15(18)9-13/h2-3,8-9H,4-7,10-11H2,1H3,(H,20,24). The molecule has 1 aromatic carbocycles. The number of benzene rings is 1. The van der Waals surface area contributed by atoms with Crippen LogP contribution in [0.15, 0.2) is 28.8 Å². The zero-order valence-corrected chi connectivity index (χ0v) is 14.7. The number of nitrogens with one attached hydrogen (secondary N) is 1. The van der Waals surface area contributed by atoms with Gasteiger partial charge in [0.25, 0.3) is 0 Å². The van der Waals surface area contributed by atoms with Crippen LogP contribution in [0.4, 0.5) is 10.1 Å².